The van der Waals surface area contributed by atoms with Crippen LogP contribution in [0.1, 0.15) is 68.6 Å². The number of benzene rings is 1. The molecule has 0 spiro atoms. The zero-order valence-electron chi connectivity index (χ0n) is 13.3. The summed E-state index contributed by atoms with van der Waals surface area (Å²) in [5, 5.41) is 3.46. The number of nitrogens with zero attached hydrogens (tertiary/aromatic N) is 3. The standard InChI is InChI=1S/C17H25N3O2/c1-2-3-4-5-6-7-8-9-14-22-17(21)15-10-12-16(13-11-15)19-20-18/h10-13H,2-9,14H2,1H3. The summed E-state index contributed by atoms with van der Waals surface area (Å²) in [7, 11) is 0. The van der Waals surface area contributed by atoms with Gasteiger partial charge in [-0.05, 0) is 24.1 Å². The van der Waals surface area contributed by atoms with Crippen molar-refractivity contribution in [3.05, 3.63) is 40.3 Å². The first kappa shape index (κ1) is 18.1. The van der Waals surface area contributed by atoms with E-state index in [9.17, 15) is 4.79 Å². The Balaban J connectivity index is 2.11. The number of hydrogen-bond acceptors (Lipinski definition) is 3. The molecule has 0 amide bonds. The number of unbranched alkanes of at least 4 members (excludes halogenated alkanes) is 7. The Hall–Kier alpha value is -2.00. The fraction of sp³-hybridized carbons (Fsp3) is 0.588. The molecule has 0 radical (unpaired) electrons. The summed E-state index contributed by atoms with van der Waals surface area (Å²) in [6.07, 6.45) is 9.75. The summed E-state index contributed by atoms with van der Waals surface area (Å²) < 4.78 is 5.23. The van der Waals surface area contributed by atoms with Gasteiger partial charge in [0.15, 0.2) is 0 Å². The summed E-state index contributed by atoms with van der Waals surface area (Å²) in [5.74, 6) is -0.324. The van der Waals surface area contributed by atoms with Gasteiger partial charge in [0.25, 0.3) is 0 Å². The van der Waals surface area contributed by atoms with Crippen LogP contribution < -0.4 is 0 Å². The number of ether oxygens (including phenoxy) is 1. The Bertz CT molecular complexity index is 479. The molecule has 0 N–H and O–H groups in total. The van der Waals surface area contributed by atoms with E-state index in [-0.39, 0.29) is 5.97 Å². The lowest BCUT2D eigenvalue weighted by Crippen LogP contribution is -2.06. The predicted octanol–water partition coefficient (Wildman–Crippen LogP) is 5.93. The minimum absolute atomic E-state index is 0.324. The second-order valence-corrected chi connectivity index (χ2v) is 5.35. The summed E-state index contributed by atoms with van der Waals surface area (Å²) in [4.78, 5) is 14.5. The molecule has 0 aromatic heterocycles. The number of azide groups is 1. The maximum atomic E-state index is 11.8. The molecule has 0 saturated heterocycles. The van der Waals surface area contributed by atoms with Crippen LogP contribution in [0, 0.1) is 0 Å². The third-order valence-corrected chi connectivity index (χ3v) is 3.49. The highest BCUT2D eigenvalue weighted by Gasteiger charge is 2.06. The van der Waals surface area contributed by atoms with Crippen LogP contribution in [-0.4, -0.2) is 12.6 Å². The van der Waals surface area contributed by atoms with Gasteiger partial charge >= 0.3 is 5.97 Å². The van der Waals surface area contributed by atoms with Crippen molar-refractivity contribution in [1.29, 1.82) is 0 Å². The van der Waals surface area contributed by atoms with Crippen LogP contribution in [0.15, 0.2) is 29.4 Å². The van der Waals surface area contributed by atoms with Gasteiger partial charge in [0.2, 0.25) is 0 Å². The van der Waals surface area contributed by atoms with Crippen LogP contribution in [0.5, 0.6) is 0 Å². The van der Waals surface area contributed by atoms with Gasteiger partial charge in [0.05, 0.1) is 12.2 Å². The summed E-state index contributed by atoms with van der Waals surface area (Å²) in [6, 6.07) is 6.43. The molecule has 0 saturated carbocycles. The van der Waals surface area contributed by atoms with Crippen molar-refractivity contribution in [3.63, 3.8) is 0 Å². The summed E-state index contributed by atoms with van der Waals surface area (Å²) in [5.41, 5.74) is 9.28. The molecule has 0 aliphatic carbocycles. The maximum Gasteiger partial charge on any atom is 0.338 e. The third-order valence-electron chi connectivity index (χ3n) is 3.49. The molecule has 5 heteroatoms. The highest BCUT2D eigenvalue weighted by molar-refractivity contribution is 5.89. The monoisotopic (exact) mass is 303 g/mol. The van der Waals surface area contributed by atoms with Gasteiger partial charge in [-0.3, -0.25) is 0 Å². The zero-order chi connectivity index (χ0) is 16.0. The summed E-state index contributed by atoms with van der Waals surface area (Å²) >= 11 is 0. The molecular formula is C17H25N3O2. The lowest BCUT2D eigenvalue weighted by Gasteiger charge is -2.05. The van der Waals surface area contributed by atoms with E-state index in [1.54, 1.807) is 24.3 Å². The van der Waals surface area contributed by atoms with E-state index in [0.717, 1.165) is 12.8 Å². The van der Waals surface area contributed by atoms with Crippen molar-refractivity contribution in [2.75, 3.05) is 6.61 Å². The van der Waals surface area contributed by atoms with Crippen LogP contribution in [0.25, 0.3) is 10.4 Å². The van der Waals surface area contributed by atoms with Gasteiger partial charge in [-0.25, -0.2) is 4.79 Å². The molecule has 0 bridgehead atoms. The Morgan fingerprint density at radius 3 is 2.23 bits per heavy atom. The molecule has 5 nitrogen and oxygen atoms in total. The zero-order valence-corrected chi connectivity index (χ0v) is 13.3. The molecule has 0 aliphatic rings. The molecule has 0 aliphatic heterocycles. The Morgan fingerprint density at radius 2 is 1.64 bits per heavy atom. The van der Waals surface area contributed by atoms with E-state index in [2.05, 4.69) is 16.9 Å². The Morgan fingerprint density at radius 1 is 1.05 bits per heavy atom. The highest BCUT2D eigenvalue weighted by Crippen LogP contribution is 2.14. The highest BCUT2D eigenvalue weighted by atomic mass is 16.5. The van der Waals surface area contributed by atoms with Crippen LogP contribution in [-0.2, 0) is 4.74 Å². The Kier molecular flexibility index (Phi) is 9.55. The predicted molar refractivity (Wildman–Crippen MR) is 88.1 cm³/mol. The third kappa shape index (κ3) is 7.70. The second-order valence-electron chi connectivity index (χ2n) is 5.35. The molecule has 120 valence electrons. The lowest BCUT2D eigenvalue weighted by atomic mass is 10.1. The molecule has 0 heterocycles. The molecule has 1 aromatic rings. The summed E-state index contributed by atoms with van der Waals surface area (Å²) in [6.45, 7) is 2.69. The molecule has 0 unspecified atom stereocenters. The smallest absolute Gasteiger partial charge is 0.338 e. The minimum Gasteiger partial charge on any atom is -0.462 e. The number of rotatable bonds is 11. The fourth-order valence-corrected chi connectivity index (χ4v) is 2.20. The van der Waals surface area contributed by atoms with Crippen LogP contribution in [0.3, 0.4) is 0 Å². The molecule has 22 heavy (non-hydrogen) atoms. The first-order chi connectivity index (χ1) is 10.8. The van der Waals surface area contributed by atoms with E-state index in [1.165, 1.54) is 38.5 Å². The molecule has 1 aromatic carbocycles. The van der Waals surface area contributed by atoms with Gasteiger partial charge in [0.1, 0.15) is 0 Å². The first-order valence-electron chi connectivity index (χ1n) is 8.10. The van der Waals surface area contributed by atoms with Gasteiger partial charge < -0.3 is 4.74 Å². The van der Waals surface area contributed by atoms with E-state index >= 15 is 0 Å². The van der Waals surface area contributed by atoms with Gasteiger partial charge in [-0.15, -0.1) is 0 Å². The second kappa shape index (κ2) is 11.6. The Labute approximate surface area is 132 Å². The van der Waals surface area contributed by atoms with Crippen molar-refractivity contribution in [2.24, 2.45) is 5.11 Å². The average Bonchev–Trinajstić information content (AvgIpc) is 2.54. The van der Waals surface area contributed by atoms with Crippen molar-refractivity contribution < 1.29 is 9.53 Å². The van der Waals surface area contributed by atoms with E-state index in [0.29, 0.717) is 17.9 Å². The molecular weight excluding hydrogens is 278 g/mol. The van der Waals surface area contributed by atoms with Gasteiger partial charge in [-0.2, -0.15) is 0 Å². The minimum atomic E-state index is -0.324. The van der Waals surface area contributed by atoms with Crippen molar-refractivity contribution in [2.45, 2.75) is 58.3 Å². The SMILES string of the molecule is CCCCCCCCCCOC(=O)c1ccc(N=[N+]=[N-])cc1. The van der Waals surface area contributed by atoms with E-state index in [4.69, 9.17) is 10.3 Å². The maximum absolute atomic E-state index is 11.8. The number of esters is 1. The number of carbonyl (C=O) groups is 1. The lowest BCUT2D eigenvalue weighted by molar-refractivity contribution is 0.0497. The van der Waals surface area contributed by atoms with Crippen LogP contribution >= 0.6 is 0 Å². The number of hydrogen-bond donors (Lipinski definition) is 0. The molecule has 1 rings (SSSR count). The van der Waals surface area contributed by atoms with Gasteiger partial charge in [0, 0.05) is 10.6 Å². The van der Waals surface area contributed by atoms with Crippen LogP contribution in [0.4, 0.5) is 5.69 Å². The van der Waals surface area contributed by atoms with Gasteiger partial charge in [-0.1, -0.05) is 69.1 Å². The van der Waals surface area contributed by atoms with Crippen molar-refractivity contribution >= 4 is 11.7 Å². The first-order valence-corrected chi connectivity index (χ1v) is 8.10. The fourth-order valence-electron chi connectivity index (χ4n) is 2.20. The number of carbonyl (C=O) groups excluding carboxylic acids is 1. The molecule has 0 fully saturated rings. The van der Waals surface area contributed by atoms with Crippen molar-refractivity contribution in [3.8, 4) is 0 Å². The molecule has 0 atom stereocenters. The topological polar surface area (TPSA) is 75.1 Å². The quantitative estimate of drug-likeness (QED) is 0.167. The largest absolute Gasteiger partial charge is 0.462 e. The van der Waals surface area contributed by atoms with Crippen LogP contribution in [0.2, 0.25) is 0 Å². The van der Waals surface area contributed by atoms with Crippen molar-refractivity contribution in [1.82, 2.24) is 0 Å². The van der Waals surface area contributed by atoms with E-state index in [1.807, 2.05) is 0 Å². The average molecular weight is 303 g/mol. The normalized spacial score (nSPS) is 10.0. The van der Waals surface area contributed by atoms with E-state index < -0.39 is 0 Å².